The number of rotatable bonds is 10. The van der Waals surface area contributed by atoms with Crippen molar-refractivity contribution in [2.24, 2.45) is 0 Å². The highest BCUT2D eigenvalue weighted by Crippen LogP contribution is 2.34. The number of Topliss-reactive ketones (excluding diaryl/α,β-unsaturated/α-hetero) is 1. The van der Waals surface area contributed by atoms with Crippen molar-refractivity contribution in [1.82, 2.24) is 10.2 Å². The summed E-state index contributed by atoms with van der Waals surface area (Å²) in [5, 5.41) is 14.5. The molecule has 37 heavy (non-hydrogen) atoms. The van der Waals surface area contributed by atoms with E-state index in [0.717, 1.165) is 57.5 Å². The number of ether oxygens (including phenoxy) is 1. The van der Waals surface area contributed by atoms with Gasteiger partial charge in [0.1, 0.15) is 11.9 Å². The molecule has 0 spiro atoms. The topological polar surface area (TPSA) is 82.1 Å². The maximum Gasteiger partial charge on any atom is 0.292 e. The van der Waals surface area contributed by atoms with Gasteiger partial charge in [0.2, 0.25) is 5.78 Å². The van der Waals surface area contributed by atoms with Gasteiger partial charge in [0.05, 0.1) is 17.2 Å². The summed E-state index contributed by atoms with van der Waals surface area (Å²) in [4.78, 5) is 30.6. The maximum absolute atomic E-state index is 13.1. The first-order valence-electron chi connectivity index (χ1n) is 13.5. The Morgan fingerprint density at radius 1 is 0.973 bits per heavy atom. The second-order valence-electron chi connectivity index (χ2n) is 10.5. The molecular formula is C29H36ClN3O4. The third kappa shape index (κ3) is 6.64. The number of nitrogens with one attached hydrogen (secondary N) is 1. The standard InChI is InChI=1S/C29H36ClN3O4/c30-24-18-21(8-13-26(24)37-23-11-12-23)27(34)25(19-32-14-4-5-15-32)31-29(36)28(35)20-6-9-22(10-7-20)33-16-2-1-3-17-33/h6-10,13,18,23,25,27,34H,1-5,11-12,14-17,19H2,(H,31,36)/t25-,27-/m1/s1. The number of carbonyl (C=O) groups is 2. The van der Waals surface area contributed by atoms with Crippen LogP contribution in [0.3, 0.4) is 0 Å². The van der Waals surface area contributed by atoms with Crippen molar-refractivity contribution < 1.29 is 19.4 Å². The van der Waals surface area contributed by atoms with Crippen LogP contribution >= 0.6 is 11.6 Å². The van der Waals surface area contributed by atoms with E-state index in [1.807, 2.05) is 12.1 Å². The third-order valence-corrected chi connectivity index (χ3v) is 7.82. The normalized spacial score (nSPS) is 19.9. The number of nitrogens with zero attached hydrogens (tertiary/aromatic N) is 2. The number of halogens is 1. The first kappa shape index (κ1) is 26.0. The fraction of sp³-hybridized carbons (Fsp3) is 0.517. The minimum Gasteiger partial charge on any atom is -0.489 e. The predicted molar refractivity (Wildman–Crippen MR) is 145 cm³/mol. The van der Waals surface area contributed by atoms with Crippen LogP contribution < -0.4 is 15.0 Å². The molecule has 7 nitrogen and oxygen atoms in total. The van der Waals surface area contributed by atoms with Gasteiger partial charge in [-0.2, -0.15) is 0 Å². The molecule has 2 N–H and O–H groups in total. The zero-order valence-electron chi connectivity index (χ0n) is 21.2. The fourth-order valence-corrected chi connectivity index (χ4v) is 5.44. The molecule has 0 unspecified atom stereocenters. The average Bonchev–Trinajstić information content (AvgIpc) is 3.60. The summed E-state index contributed by atoms with van der Waals surface area (Å²) in [5.74, 6) is -0.716. The van der Waals surface area contributed by atoms with Crippen molar-refractivity contribution in [2.45, 2.75) is 63.2 Å². The maximum atomic E-state index is 13.1. The van der Waals surface area contributed by atoms with E-state index in [9.17, 15) is 14.7 Å². The Hall–Kier alpha value is -2.61. The summed E-state index contributed by atoms with van der Waals surface area (Å²) < 4.78 is 5.81. The SMILES string of the molecule is O=C(N[C@H](CN1CCCC1)[C@H](O)c1ccc(OC2CC2)c(Cl)c1)C(=O)c1ccc(N2CCCCC2)cc1. The van der Waals surface area contributed by atoms with E-state index in [1.165, 1.54) is 19.3 Å². The molecule has 3 fully saturated rings. The van der Waals surface area contributed by atoms with Crippen LogP contribution in [0.1, 0.15) is 67.0 Å². The van der Waals surface area contributed by atoms with Crippen LogP contribution in [0.15, 0.2) is 42.5 Å². The summed E-state index contributed by atoms with van der Waals surface area (Å²) in [7, 11) is 0. The lowest BCUT2D eigenvalue weighted by Crippen LogP contribution is -2.48. The summed E-state index contributed by atoms with van der Waals surface area (Å²) in [6.07, 6.45) is 7.01. The van der Waals surface area contributed by atoms with Crippen LogP contribution in [0.4, 0.5) is 5.69 Å². The van der Waals surface area contributed by atoms with Crippen LogP contribution in [0.5, 0.6) is 5.75 Å². The monoisotopic (exact) mass is 525 g/mol. The lowest BCUT2D eigenvalue weighted by Gasteiger charge is -2.29. The predicted octanol–water partition coefficient (Wildman–Crippen LogP) is 4.37. The Labute approximate surface area is 223 Å². The van der Waals surface area contributed by atoms with E-state index in [2.05, 4.69) is 15.1 Å². The highest BCUT2D eigenvalue weighted by Gasteiger charge is 2.30. The number of likely N-dealkylation sites (tertiary alicyclic amines) is 1. The molecule has 0 bridgehead atoms. The summed E-state index contributed by atoms with van der Waals surface area (Å²) in [6.45, 7) is 4.29. The van der Waals surface area contributed by atoms with Crippen molar-refractivity contribution in [2.75, 3.05) is 37.6 Å². The van der Waals surface area contributed by atoms with Crippen molar-refractivity contribution in [3.8, 4) is 5.75 Å². The van der Waals surface area contributed by atoms with Gasteiger partial charge < -0.3 is 25.0 Å². The number of amides is 1. The molecule has 0 radical (unpaired) electrons. The second-order valence-corrected chi connectivity index (χ2v) is 10.9. The molecule has 2 atom stereocenters. The molecule has 1 aliphatic carbocycles. The van der Waals surface area contributed by atoms with E-state index in [-0.39, 0.29) is 6.10 Å². The largest absolute Gasteiger partial charge is 0.489 e. The Morgan fingerprint density at radius 2 is 1.65 bits per heavy atom. The first-order chi connectivity index (χ1) is 18.0. The van der Waals surface area contributed by atoms with E-state index in [1.54, 1.807) is 30.3 Å². The molecule has 8 heteroatoms. The van der Waals surface area contributed by atoms with Crippen LogP contribution in [-0.4, -0.2) is 66.6 Å². The summed E-state index contributed by atoms with van der Waals surface area (Å²) in [5.41, 5.74) is 2.00. The van der Waals surface area contributed by atoms with E-state index < -0.39 is 23.8 Å². The lowest BCUT2D eigenvalue weighted by atomic mass is 10.0. The Balaban J connectivity index is 1.27. The molecule has 2 heterocycles. The number of hydrogen-bond acceptors (Lipinski definition) is 6. The molecule has 1 amide bonds. The Kier molecular flexibility index (Phi) is 8.33. The van der Waals surface area contributed by atoms with Crippen LogP contribution in [0, 0.1) is 0 Å². The van der Waals surface area contributed by atoms with Crippen LogP contribution in [0.2, 0.25) is 5.02 Å². The second kappa shape index (κ2) is 11.8. The average molecular weight is 526 g/mol. The van der Waals surface area contributed by atoms with Gasteiger partial charge in [-0.3, -0.25) is 9.59 Å². The highest BCUT2D eigenvalue weighted by atomic mass is 35.5. The van der Waals surface area contributed by atoms with Gasteiger partial charge in [0.15, 0.2) is 0 Å². The van der Waals surface area contributed by atoms with Crippen LogP contribution in [0.25, 0.3) is 0 Å². The molecule has 1 saturated carbocycles. The van der Waals surface area contributed by atoms with Gasteiger partial charge >= 0.3 is 0 Å². The molecular weight excluding hydrogens is 490 g/mol. The first-order valence-corrected chi connectivity index (χ1v) is 13.9. The van der Waals surface area contributed by atoms with Crippen molar-refractivity contribution in [3.63, 3.8) is 0 Å². The van der Waals surface area contributed by atoms with Gasteiger partial charge in [-0.1, -0.05) is 17.7 Å². The molecule has 2 saturated heterocycles. The molecule has 2 aromatic rings. The molecule has 3 aliphatic rings. The zero-order chi connectivity index (χ0) is 25.8. The van der Waals surface area contributed by atoms with Gasteiger partial charge in [-0.05, 0) is 100.0 Å². The number of ketones is 1. The lowest BCUT2D eigenvalue weighted by molar-refractivity contribution is -0.118. The van der Waals surface area contributed by atoms with E-state index >= 15 is 0 Å². The Morgan fingerprint density at radius 3 is 2.30 bits per heavy atom. The third-order valence-electron chi connectivity index (χ3n) is 7.52. The quantitative estimate of drug-likeness (QED) is 0.354. The number of carbonyl (C=O) groups excluding carboxylic acids is 2. The Bertz CT molecular complexity index is 1090. The minimum absolute atomic E-state index is 0.218. The van der Waals surface area contributed by atoms with E-state index in [0.29, 0.717) is 28.4 Å². The number of benzene rings is 2. The number of aliphatic hydroxyl groups excluding tert-OH is 1. The van der Waals surface area contributed by atoms with Gasteiger partial charge in [0.25, 0.3) is 5.91 Å². The highest BCUT2D eigenvalue weighted by molar-refractivity contribution is 6.42. The van der Waals surface area contributed by atoms with E-state index in [4.69, 9.17) is 16.3 Å². The smallest absolute Gasteiger partial charge is 0.292 e. The minimum atomic E-state index is -1.02. The zero-order valence-corrected chi connectivity index (χ0v) is 22.0. The number of hydrogen-bond donors (Lipinski definition) is 2. The summed E-state index contributed by atoms with van der Waals surface area (Å²) >= 11 is 6.43. The molecule has 0 aromatic heterocycles. The number of anilines is 1. The number of piperidine rings is 1. The van der Waals surface area contributed by atoms with Crippen LogP contribution in [-0.2, 0) is 4.79 Å². The molecule has 2 aliphatic heterocycles. The number of aliphatic hydroxyl groups is 1. The molecule has 5 rings (SSSR count). The van der Waals surface area contributed by atoms with Gasteiger partial charge in [-0.25, -0.2) is 0 Å². The molecule has 2 aromatic carbocycles. The molecule has 198 valence electrons. The van der Waals surface area contributed by atoms with Crippen molar-refractivity contribution in [1.29, 1.82) is 0 Å². The van der Waals surface area contributed by atoms with Crippen molar-refractivity contribution in [3.05, 3.63) is 58.6 Å². The fourth-order valence-electron chi connectivity index (χ4n) is 5.20. The summed E-state index contributed by atoms with van der Waals surface area (Å²) in [6, 6.07) is 11.8. The van der Waals surface area contributed by atoms with Gasteiger partial charge in [-0.15, -0.1) is 0 Å². The van der Waals surface area contributed by atoms with Crippen molar-refractivity contribution >= 4 is 29.0 Å². The van der Waals surface area contributed by atoms with Gasteiger partial charge in [0, 0.05) is 30.9 Å².